The Morgan fingerprint density at radius 3 is 2.34 bits per heavy atom. The normalized spacial score (nSPS) is 26.0. The van der Waals surface area contributed by atoms with Gasteiger partial charge in [0.05, 0.1) is 17.2 Å². The fourth-order valence-corrected chi connectivity index (χ4v) is 10.1. The summed E-state index contributed by atoms with van der Waals surface area (Å²) in [6.07, 6.45) is 14.1. The zero-order valence-electron chi connectivity index (χ0n) is 25.9. The first kappa shape index (κ1) is 30.6. The predicted octanol–water partition coefficient (Wildman–Crippen LogP) is 7.71. The maximum absolute atomic E-state index is 14.7. The van der Waals surface area contributed by atoms with Crippen LogP contribution in [0.25, 0.3) is 11.1 Å². The van der Waals surface area contributed by atoms with Gasteiger partial charge in [0, 0.05) is 24.9 Å². The quantitative estimate of drug-likeness (QED) is 0.305. The summed E-state index contributed by atoms with van der Waals surface area (Å²) >= 11 is 0. The van der Waals surface area contributed by atoms with E-state index in [1.165, 1.54) is 18.3 Å². The molecule has 1 N–H and O–H groups in total. The zero-order valence-corrected chi connectivity index (χ0v) is 26.7. The van der Waals surface area contributed by atoms with Gasteiger partial charge in [-0.3, -0.25) is 9.78 Å². The number of hydrogen-bond donors (Lipinski definition) is 1. The highest BCUT2D eigenvalue weighted by Crippen LogP contribution is 2.53. The number of pyridine rings is 1. The van der Waals surface area contributed by atoms with E-state index in [0.29, 0.717) is 30.2 Å². The number of sulfone groups is 1. The molecule has 2 aromatic carbocycles. The second kappa shape index (κ2) is 12.5. The van der Waals surface area contributed by atoms with Gasteiger partial charge in [-0.15, -0.1) is 0 Å². The molecule has 1 aliphatic heterocycles. The number of rotatable bonds is 4. The third kappa shape index (κ3) is 5.48. The van der Waals surface area contributed by atoms with Crippen LogP contribution in [0.1, 0.15) is 81.4 Å². The minimum absolute atomic E-state index is 0.0124. The van der Waals surface area contributed by atoms with Crippen LogP contribution in [-0.4, -0.2) is 41.9 Å². The summed E-state index contributed by atoms with van der Waals surface area (Å²) in [4.78, 5) is 20.5. The molecule has 3 aromatic rings. The molecule has 2 heterocycles. The Morgan fingerprint density at radius 1 is 0.977 bits per heavy atom. The smallest absolute Gasteiger partial charge is 0.225 e. The fraction of sp³-hybridized carbons (Fsp3) is 0.459. The van der Waals surface area contributed by atoms with E-state index in [1.807, 2.05) is 54.4 Å². The van der Waals surface area contributed by atoms with Crippen LogP contribution in [0.15, 0.2) is 83.7 Å². The summed E-state index contributed by atoms with van der Waals surface area (Å²) < 4.78 is 28.2. The lowest BCUT2D eigenvalue weighted by molar-refractivity contribution is -0.138. The first-order chi connectivity index (χ1) is 21.2. The predicted molar refractivity (Wildman–Crippen MR) is 174 cm³/mol. The van der Waals surface area contributed by atoms with Crippen molar-refractivity contribution in [3.8, 4) is 11.1 Å². The molecule has 2 saturated carbocycles. The first-order valence-electron chi connectivity index (χ1n) is 16.2. The van der Waals surface area contributed by atoms with Crippen molar-refractivity contribution in [2.24, 2.45) is 11.8 Å². The molecule has 0 bridgehead atoms. The van der Waals surface area contributed by atoms with Crippen LogP contribution in [0.2, 0.25) is 0 Å². The van der Waals surface area contributed by atoms with Gasteiger partial charge in [-0.2, -0.15) is 0 Å². The van der Waals surface area contributed by atoms with Gasteiger partial charge in [0.1, 0.15) is 4.75 Å². The number of aliphatic hydroxyl groups excluding tert-OH is 1. The monoisotopic (exact) mass is 612 g/mol. The van der Waals surface area contributed by atoms with Gasteiger partial charge in [0.25, 0.3) is 0 Å². The lowest BCUT2D eigenvalue weighted by atomic mass is 9.77. The third-order valence-electron chi connectivity index (χ3n) is 10.5. The third-order valence-corrected chi connectivity index (χ3v) is 13.1. The molecule has 232 valence electrons. The van der Waals surface area contributed by atoms with Crippen LogP contribution in [-0.2, 0) is 25.8 Å². The van der Waals surface area contributed by atoms with Crippen LogP contribution < -0.4 is 0 Å². The highest BCUT2D eigenvalue weighted by molar-refractivity contribution is 7.92. The molecule has 3 aliphatic carbocycles. The molecular formula is C37H44N2O4S. The number of amides is 1. The van der Waals surface area contributed by atoms with Crippen molar-refractivity contribution < 1.29 is 18.3 Å². The Hall–Kier alpha value is -3.45. The number of fused-ring (bicyclic) bond motifs is 3. The van der Waals surface area contributed by atoms with Crippen molar-refractivity contribution in [2.45, 2.75) is 93.7 Å². The SMILES string of the molecule is Cc1ccc(S(=O)(=O)C23CCN(C(=O)C4CCC(C)CC4)C2CCc2cc(-c4cccnc4)ccc23)cc1.OC=C1CCC1. The van der Waals surface area contributed by atoms with Crippen molar-refractivity contribution in [3.05, 3.63) is 95.5 Å². The van der Waals surface area contributed by atoms with Gasteiger partial charge in [-0.05, 0) is 123 Å². The first-order valence-corrected chi connectivity index (χ1v) is 17.7. The van der Waals surface area contributed by atoms with E-state index in [2.05, 4.69) is 18.0 Å². The maximum Gasteiger partial charge on any atom is 0.225 e. The van der Waals surface area contributed by atoms with Crippen molar-refractivity contribution in [1.82, 2.24) is 9.88 Å². The van der Waals surface area contributed by atoms with E-state index in [1.54, 1.807) is 18.3 Å². The van der Waals surface area contributed by atoms with Gasteiger partial charge in [0.2, 0.25) is 5.91 Å². The van der Waals surface area contributed by atoms with Crippen molar-refractivity contribution >= 4 is 15.7 Å². The molecule has 44 heavy (non-hydrogen) atoms. The van der Waals surface area contributed by atoms with Crippen molar-refractivity contribution in [1.29, 1.82) is 0 Å². The van der Waals surface area contributed by atoms with E-state index >= 15 is 0 Å². The lowest BCUT2D eigenvalue weighted by Gasteiger charge is -2.43. The standard InChI is InChI=1S/C32H36N2O3S.C5H8O/c1-22-5-9-24(10-6-22)31(35)34-19-17-32(38(36,37)28-13-7-23(2)8-14-28)29-15-11-25(27-4-3-18-33-21-27)20-26(29)12-16-30(32)34;6-4-5-2-1-3-5/h3-4,7-8,11,13-15,18,20-22,24,30H,5-6,9-10,12,16-17,19H2,1-2H3;4,6H,1-3H2. The van der Waals surface area contributed by atoms with Gasteiger partial charge >= 0.3 is 0 Å². The van der Waals surface area contributed by atoms with Crippen LogP contribution in [0.5, 0.6) is 0 Å². The van der Waals surface area contributed by atoms with E-state index < -0.39 is 14.6 Å². The molecule has 0 spiro atoms. The number of aromatic nitrogens is 1. The summed E-state index contributed by atoms with van der Waals surface area (Å²) in [6.45, 7) is 4.71. The second-order valence-electron chi connectivity index (χ2n) is 13.3. The van der Waals surface area contributed by atoms with Crippen LogP contribution in [0.3, 0.4) is 0 Å². The van der Waals surface area contributed by atoms with Crippen molar-refractivity contribution in [2.75, 3.05) is 6.54 Å². The molecule has 6 nitrogen and oxygen atoms in total. The summed E-state index contributed by atoms with van der Waals surface area (Å²) in [5, 5.41) is 8.22. The number of aryl methyl sites for hydroxylation is 2. The molecule has 1 aromatic heterocycles. The molecule has 7 heteroatoms. The van der Waals surface area contributed by atoms with E-state index in [9.17, 15) is 13.2 Å². The number of likely N-dealkylation sites (tertiary alicyclic amines) is 1. The number of hydrogen-bond acceptors (Lipinski definition) is 5. The Kier molecular flexibility index (Phi) is 8.69. The highest BCUT2D eigenvalue weighted by Gasteiger charge is 2.61. The molecule has 0 radical (unpaired) electrons. The molecular weight excluding hydrogens is 568 g/mol. The van der Waals surface area contributed by atoms with Crippen LogP contribution in [0.4, 0.5) is 0 Å². The molecule has 7 rings (SSSR count). The minimum atomic E-state index is -3.78. The molecule has 1 saturated heterocycles. The number of allylic oxidation sites excluding steroid dienone is 1. The number of benzene rings is 2. The van der Waals surface area contributed by atoms with E-state index in [0.717, 1.165) is 72.8 Å². The Morgan fingerprint density at radius 2 is 1.73 bits per heavy atom. The van der Waals surface area contributed by atoms with Gasteiger partial charge in [0.15, 0.2) is 9.84 Å². The number of carbonyl (C=O) groups excluding carboxylic acids is 1. The average molecular weight is 613 g/mol. The summed E-state index contributed by atoms with van der Waals surface area (Å²) in [6, 6.07) is 17.0. The average Bonchev–Trinajstić information content (AvgIpc) is 3.43. The summed E-state index contributed by atoms with van der Waals surface area (Å²) in [5.74, 6) is 0.839. The zero-order chi connectivity index (χ0) is 30.9. The summed E-state index contributed by atoms with van der Waals surface area (Å²) in [5.41, 5.74) is 6.23. The van der Waals surface area contributed by atoms with Gasteiger partial charge < -0.3 is 10.0 Å². The summed E-state index contributed by atoms with van der Waals surface area (Å²) in [7, 11) is -3.78. The lowest BCUT2D eigenvalue weighted by Crippen LogP contribution is -2.53. The van der Waals surface area contributed by atoms with Crippen LogP contribution in [0, 0.1) is 18.8 Å². The largest absolute Gasteiger partial charge is 0.516 e. The molecule has 2 atom stereocenters. The molecule has 2 unspecified atom stereocenters. The number of carbonyl (C=O) groups is 1. The van der Waals surface area contributed by atoms with Crippen molar-refractivity contribution in [3.63, 3.8) is 0 Å². The van der Waals surface area contributed by atoms with E-state index in [4.69, 9.17) is 5.11 Å². The second-order valence-corrected chi connectivity index (χ2v) is 15.5. The Bertz CT molecular complexity index is 1620. The van der Waals surface area contributed by atoms with Gasteiger partial charge in [-0.1, -0.05) is 48.9 Å². The fourth-order valence-electron chi connectivity index (χ4n) is 7.68. The topological polar surface area (TPSA) is 87.6 Å². The molecule has 4 aliphatic rings. The Labute approximate surface area is 262 Å². The minimum Gasteiger partial charge on any atom is -0.516 e. The van der Waals surface area contributed by atoms with E-state index in [-0.39, 0.29) is 17.9 Å². The highest BCUT2D eigenvalue weighted by atomic mass is 32.2. The van der Waals surface area contributed by atoms with Crippen LogP contribution >= 0.6 is 0 Å². The number of nitrogens with zero attached hydrogens (tertiary/aromatic N) is 2. The van der Waals surface area contributed by atoms with Gasteiger partial charge in [-0.25, -0.2) is 8.42 Å². The Balaban J connectivity index is 0.000000513. The maximum atomic E-state index is 14.7. The number of aliphatic hydroxyl groups is 1. The molecule has 3 fully saturated rings. The molecule has 1 amide bonds.